The molecule has 204 valence electrons. The van der Waals surface area contributed by atoms with Gasteiger partial charge in [-0.05, 0) is 90.8 Å². The standard InChI is InChI=1S/C30H31NO7S/c1-3-7-21-18-25(38-23-12-10-20(11-13-23)29(33)35-4-2)14-15-26(21)37-17-6-16-36-24-9-5-8-22(19-24)27-28(32)31-30(34)39-27/h5,8-15,18-19,27H,3-4,6-7,16-17H2,1-2H3,(H,31,32,34). The Morgan fingerprint density at radius 3 is 2.38 bits per heavy atom. The quantitative estimate of drug-likeness (QED) is 0.191. The average Bonchev–Trinajstić information content (AvgIpc) is 3.28. The van der Waals surface area contributed by atoms with E-state index >= 15 is 0 Å². The second-order valence-electron chi connectivity index (χ2n) is 8.76. The SMILES string of the molecule is CCCc1cc(Oc2ccc(C(=O)OCC)cc2)ccc1OCCCOc1cccc(C2SC(=O)NC2=O)c1. The molecule has 1 fully saturated rings. The molecule has 0 aromatic heterocycles. The third kappa shape index (κ3) is 7.77. The van der Waals surface area contributed by atoms with Gasteiger partial charge in [0.05, 0.1) is 25.4 Å². The minimum atomic E-state index is -0.544. The predicted molar refractivity (Wildman–Crippen MR) is 149 cm³/mol. The fraction of sp³-hybridized carbons (Fsp3) is 0.300. The van der Waals surface area contributed by atoms with Crippen molar-refractivity contribution < 1.29 is 33.3 Å². The lowest BCUT2D eigenvalue weighted by Gasteiger charge is -2.14. The van der Waals surface area contributed by atoms with Gasteiger partial charge in [0.1, 0.15) is 28.2 Å². The molecule has 3 aromatic carbocycles. The average molecular weight is 550 g/mol. The van der Waals surface area contributed by atoms with Gasteiger partial charge >= 0.3 is 5.97 Å². The Morgan fingerprint density at radius 2 is 1.67 bits per heavy atom. The van der Waals surface area contributed by atoms with Gasteiger partial charge in [-0.2, -0.15) is 0 Å². The molecule has 2 amide bonds. The first kappa shape index (κ1) is 28.0. The molecule has 0 spiro atoms. The zero-order valence-electron chi connectivity index (χ0n) is 21.9. The smallest absolute Gasteiger partial charge is 0.338 e. The number of rotatable bonds is 13. The molecule has 1 unspecified atom stereocenters. The van der Waals surface area contributed by atoms with Gasteiger partial charge in [-0.1, -0.05) is 25.5 Å². The van der Waals surface area contributed by atoms with E-state index in [1.54, 1.807) is 37.3 Å². The summed E-state index contributed by atoms with van der Waals surface area (Å²) in [5.41, 5.74) is 2.26. The highest BCUT2D eigenvalue weighted by molar-refractivity contribution is 8.15. The summed E-state index contributed by atoms with van der Waals surface area (Å²) >= 11 is 0.974. The van der Waals surface area contributed by atoms with Crippen LogP contribution in [0.3, 0.4) is 0 Å². The maximum atomic E-state index is 11.9. The molecular formula is C30H31NO7S. The first-order valence-electron chi connectivity index (χ1n) is 12.9. The van der Waals surface area contributed by atoms with Crippen molar-refractivity contribution in [2.24, 2.45) is 0 Å². The molecule has 0 aliphatic carbocycles. The van der Waals surface area contributed by atoms with Crippen LogP contribution in [0.5, 0.6) is 23.0 Å². The number of esters is 1. The van der Waals surface area contributed by atoms with Crippen molar-refractivity contribution in [2.75, 3.05) is 19.8 Å². The molecule has 1 aliphatic heterocycles. The Morgan fingerprint density at radius 1 is 0.897 bits per heavy atom. The third-order valence-electron chi connectivity index (χ3n) is 5.82. The van der Waals surface area contributed by atoms with Crippen molar-refractivity contribution in [3.63, 3.8) is 0 Å². The lowest BCUT2D eigenvalue weighted by atomic mass is 10.1. The molecule has 1 N–H and O–H groups in total. The van der Waals surface area contributed by atoms with Gasteiger partial charge in [0.2, 0.25) is 5.91 Å². The first-order chi connectivity index (χ1) is 19.0. The van der Waals surface area contributed by atoms with Crippen LogP contribution in [-0.4, -0.2) is 36.9 Å². The molecule has 0 saturated carbocycles. The van der Waals surface area contributed by atoms with E-state index in [1.165, 1.54) is 0 Å². The van der Waals surface area contributed by atoms with Crippen LogP contribution in [-0.2, 0) is 16.0 Å². The molecule has 4 rings (SSSR count). The van der Waals surface area contributed by atoms with Crippen molar-refractivity contribution in [3.8, 4) is 23.0 Å². The van der Waals surface area contributed by atoms with Gasteiger partial charge in [0, 0.05) is 6.42 Å². The van der Waals surface area contributed by atoms with Crippen molar-refractivity contribution in [3.05, 3.63) is 83.4 Å². The fourth-order valence-electron chi connectivity index (χ4n) is 4.01. The lowest BCUT2D eigenvalue weighted by Crippen LogP contribution is -2.20. The summed E-state index contributed by atoms with van der Waals surface area (Å²) in [6.07, 6.45) is 2.46. The van der Waals surface area contributed by atoms with Crippen molar-refractivity contribution in [1.82, 2.24) is 5.32 Å². The van der Waals surface area contributed by atoms with E-state index in [0.717, 1.165) is 41.5 Å². The van der Waals surface area contributed by atoms with E-state index in [1.807, 2.05) is 36.4 Å². The van der Waals surface area contributed by atoms with E-state index in [2.05, 4.69) is 12.2 Å². The molecule has 1 atom stereocenters. The molecule has 1 heterocycles. The van der Waals surface area contributed by atoms with Gasteiger partial charge < -0.3 is 18.9 Å². The van der Waals surface area contributed by atoms with E-state index < -0.39 is 5.25 Å². The number of ether oxygens (including phenoxy) is 4. The van der Waals surface area contributed by atoms with E-state index in [0.29, 0.717) is 49.1 Å². The van der Waals surface area contributed by atoms with Crippen molar-refractivity contribution in [2.45, 2.75) is 38.4 Å². The minimum absolute atomic E-state index is 0.304. The molecule has 1 aliphatic rings. The summed E-state index contributed by atoms with van der Waals surface area (Å²) in [4.78, 5) is 35.2. The molecule has 3 aromatic rings. The van der Waals surface area contributed by atoms with Crippen LogP contribution >= 0.6 is 11.8 Å². The monoisotopic (exact) mass is 549 g/mol. The number of benzene rings is 3. The maximum absolute atomic E-state index is 11.9. The minimum Gasteiger partial charge on any atom is -0.493 e. The van der Waals surface area contributed by atoms with Gasteiger partial charge in [-0.15, -0.1) is 0 Å². The van der Waals surface area contributed by atoms with Gasteiger partial charge in [-0.25, -0.2) is 4.79 Å². The Bertz CT molecular complexity index is 1310. The van der Waals surface area contributed by atoms with Crippen LogP contribution in [0, 0.1) is 0 Å². The van der Waals surface area contributed by atoms with Crippen LogP contribution in [0.2, 0.25) is 0 Å². The Labute approximate surface area is 232 Å². The second kappa shape index (κ2) is 13.7. The van der Waals surface area contributed by atoms with Gasteiger partial charge in [0.25, 0.3) is 5.24 Å². The third-order valence-corrected chi connectivity index (χ3v) is 6.85. The number of hydrogen-bond acceptors (Lipinski definition) is 8. The zero-order chi connectivity index (χ0) is 27.6. The zero-order valence-corrected chi connectivity index (χ0v) is 22.8. The van der Waals surface area contributed by atoms with Crippen LogP contribution in [0.1, 0.15) is 53.4 Å². The van der Waals surface area contributed by atoms with Gasteiger partial charge in [0.15, 0.2) is 0 Å². The molecular weight excluding hydrogens is 518 g/mol. The van der Waals surface area contributed by atoms with Crippen molar-refractivity contribution in [1.29, 1.82) is 0 Å². The molecule has 8 nitrogen and oxygen atoms in total. The highest BCUT2D eigenvalue weighted by Crippen LogP contribution is 2.35. The molecule has 1 saturated heterocycles. The number of nitrogens with one attached hydrogen (secondary N) is 1. The summed E-state index contributed by atoms with van der Waals surface area (Å²) in [5.74, 6) is 2.10. The highest BCUT2D eigenvalue weighted by Gasteiger charge is 2.33. The summed E-state index contributed by atoms with van der Waals surface area (Å²) in [5, 5.41) is 1.43. The lowest BCUT2D eigenvalue weighted by molar-refractivity contribution is -0.119. The fourth-order valence-corrected chi connectivity index (χ4v) is 4.83. The van der Waals surface area contributed by atoms with Crippen molar-refractivity contribution >= 4 is 28.9 Å². The number of hydrogen-bond donors (Lipinski definition) is 1. The Balaban J connectivity index is 1.28. The molecule has 9 heteroatoms. The van der Waals surface area contributed by atoms with Crippen LogP contribution in [0.15, 0.2) is 66.7 Å². The van der Waals surface area contributed by atoms with E-state index in [-0.39, 0.29) is 17.1 Å². The van der Waals surface area contributed by atoms with Crippen LogP contribution < -0.4 is 19.5 Å². The molecule has 0 bridgehead atoms. The van der Waals surface area contributed by atoms with Gasteiger partial charge in [-0.3, -0.25) is 14.9 Å². The number of amides is 2. The number of imide groups is 1. The number of aryl methyl sites for hydroxylation is 1. The highest BCUT2D eigenvalue weighted by atomic mass is 32.2. The molecule has 0 radical (unpaired) electrons. The topological polar surface area (TPSA) is 100 Å². The number of carbonyl (C=O) groups is 3. The maximum Gasteiger partial charge on any atom is 0.338 e. The number of thioether (sulfide) groups is 1. The normalized spacial score (nSPS) is 14.6. The second-order valence-corrected chi connectivity index (χ2v) is 9.84. The first-order valence-corrected chi connectivity index (χ1v) is 13.8. The summed E-state index contributed by atoms with van der Waals surface area (Å²) in [6, 6.07) is 19.8. The van der Waals surface area contributed by atoms with E-state index in [9.17, 15) is 14.4 Å². The van der Waals surface area contributed by atoms with Crippen LogP contribution in [0.25, 0.3) is 0 Å². The molecule has 39 heavy (non-hydrogen) atoms. The Hall–Kier alpha value is -3.98. The summed E-state index contributed by atoms with van der Waals surface area (Å²) in [7, 11) is 0. The number of carbonyl (C=O) groups excluding carboxylic acids is 3. The summed E-state index contributed by atoms with van der Waals surface area (Å²) in [6.45, 7) is 5.13. The Kier molecular flexibility index (Phi) is 9.85. The summed E-state index contributed by atoms with van der Waals surface area (Å²) < 4.78 is 22.9. The van der Waals surface area contributed by atoms with E-state index in [4.69, 9.17) is 18.9 Å². The van der Waals surface area contributed by atoms with Crippen LogP contribution in [0.4, 0.5) is 4.79 Å². The predicted octanol–water partition coefficient (Wildman–Crippen LogP) is 6.48. The largest absolute Gasteiger partial charge is 0.493 e.